The van der Waals surface area contributed by atoms with E-state index in [2.05, 4.69) is 82.7 Å². The molecule has 1 aliphatic carbocycles. The van der Waals surface area contributed by atoms with Crippen LogP contribution in [-0.4, -0.2) is 5.54 Å². The lowest BCUT2D eigenvalue weighted by Gasteiger charge is -2.13. The van der Waals surface area contributed by atoms with Crippen molar-refractivity contribution >= 4 is 39.1 Å². The van der Waals surface area contributed by atoms with Gasteiger partial charge >= 0.3 is 0 Å². The Morgan fingerprint density at radius 1 is 0.957 bits per heavy atom. The highest BCUT2D eigenvalue weighted by molar-refractivity contribution is 9.10. The minimum Gasteiger partial charge on any atom is -0.324 e. The van der Waals surface area contributed by atoms with Gasteiger partial charge in [0.1, 0.15) is 0 Å². The fraction of sp³-hybridized carbons (Fsp3) is 0.200. The maximum absolute atomic E-state index is 6.63. The van der Waals surface area contributed by atoms with E-state index in [-0.39, 0.29) is 17.9 Å². The molecule has 0 spiro atoms. The summed E-state index contributed by atoms with van der Waals surface area (Å²) < 4.78 is 1.13. The number of hydrogen-bond acceptors (Lipinski definition) is 1. The summed E-state index contributed by atoms with van der Waals surface area (Å²) in [5.74, 6) is 0.469. The Labute approximate surface area is 151 Å². The molecule has 3 aromatic rings. The number of nitrogens with two attached hydrogens (primary N) is 1. The van der Waals surface area contributed by atoms with Crippen molar-refractivity contribution in [1.82, 2.24) is 0 Å². The van der Waals surface area contributed by atoms with Gasteiger partial charge in [-0.05, 0) is 46.9 Å². The van der Waals surface area contributed by atoms with Crippen molar-refractivity contribution in [2.75, 3.05) is 0 Å². The Morgan fingerprint density at radius 3 is 2.52 bits per heavy atom. The van der Waals surface area contributed by atoms with Crippen LogP contribution in [0.4, 0.5) is 0 Å². The summed E-state index contributed by atoms with van der Waals surface area (Å²) in [7, 11) is 0. The summed E-state index contributed by atoms with van der Waals surface area (Å²) in [5, 5.41) is 2.58. The molecule has 23 heavy (non-hydrogen) atoms. The standard InChI is InChI=1S/C20H18BrN.ClH/c21-18-7-3-6-17(11-18)19-13-20(19,22)12-14-8-9-15-4-1-2-5-16(15)10-14;/h1-11,19H,12-13,22H2;1H. The van der Waals surface area contributed by atoms with Crippen LogP contribution in [0.1, 0.15) is 23.5 Å². The van der Waals surface area contributed by atoms with E-state index in [1.807, 2.05) is 0 Å². The summed E-state index contributed by atoms with van der Waals surface area (Å²) >= 11 is 3.55. The monoisotopic (exact) mass is 387 g/mol. The fourth-order valence-corrected chi connectivity index (χ4v) is 3.84. The third-order valence-corrected chi connectivity index (χ3v) is 5.21. The van der Waals surface area contributed by atoms with Crippen molar-refractivity contribution in [3.63, 3.8) is 0 Å². The summed E-state index contributed by atoms with van der Waals surface area (Å²) in [6.45, 7) is 0. The van der Waals surface area contributed by atoms with Crippen LogP contribution in [0.2, 0.25) is 0 Å². The molecule has 2 atom stereocenters. The van der Waals surface area contributed by atoms with Crippen LogP contribution >= 0.6 is 28.3 Å². The van der Waals surface area contributed by atoms with Crippen LogP contribution in [0.25, 0.3) is 10.8 Å². The maximum atomic E-state index is 6.63. The molecule has 1 saturated carbocycles. The van der Waals surface area contributed by atoms with Crippen molar-refractivity contribution in [3.8, 4) is 0 Å². The topological polar surface area (TPSA) is 26.0 Å². The van der Waals surface area contributed by atoms with Crippen molar-refractivity contribution < 1.29 is 0 Å². The van der Waals surface area contributed by atoms with Crippen molar-refractivity contribution in [2.45, 2.75) is 24.3 Å². The normalized spacial score (nSPS) is 22.6. The smallest absolute Gasteiger partial charge is 0.0271 e. The van der Waals surface area contributed by atoms with E-state index < -0.39 is 0 Å². The zero-order valence-electron chi connectivity index (χ0n) is 12.7. The highest BCUT2D eigenvalue weighted by Gasteiger charge is 2.51. The van der Waals surface area contributed by atoms with Gasteiger partial charge in [0.2, 0.25) is 0 Å². The molecule has 0 radical (unpaired) electrons. The van der Waals surface area contributed by atoms with E-state index in [1.165, 1.54) is 21.9 Å². The molecule has 3 aromatic carbocycles. The van der Waals surface area contributed by atoms with Gasteiger partial charge in [-0.1, -0.05) is 70.5 Å². The molecule has 118 valence electrons. The Morgan fingerprint density at radius 2 is 1.74 bits per heavy atom. The highest BCUT2D eigenvalue weighted by Crippen LogP contribution is 2.51. The van der Waals surface area contributed by atoms with Gasteiger partial charge in [0.15, 0.2) is 0 Å². The van der Waals surface area contributed by atoms with Crippen LogP contribution in [0, 0.1) is 0 Å². The van der Waals surface area contributed by atoms with Gasteiger partial charge < -0.3 is 5.73 Å². The van der Waals surface area contributed by atoms with Gasteiger partial charge in [0.05, 0.1) is 0 Å². The van der Waals surface area contributed by atoms with Gasteiger partial charge in [-0.3, -0.25) is 0 Å². The van der Waals surface area contributed by atoms with E-state index >= 15 is 0 Å². The molecule has 1 nitrogen and oxygen atoms in total. The highest BCUT2D eigenvalue weighted by atomic mass is 79.9. The molecular formula is C20H19BrClN. The van der Waals surface area contributed by atoms with Crippen LogP contribution in [0.15, 0.2) is 71.2 Å². The lowest BCUT2D eigenvalue weighted by atomic mass is 9.97. The van der Waals surface area contributed by atoms with E-state index in [9.17, 15) is 0 Å². The molecule has 4 rings (SSSR count). The van der Waals surface area contributed by atoms with Gasteiger partial charge in [-0.15, -0.1) is 12.4 Å². The summed E-state index contributed by atoms with van der Waals surface area (Å²) in [5.41, 5.74) is 9.22. The Balaban J connectivity index is 0.00000156. The van der Waals surface area contributed by atoms with Gasteiger partial charge in [-0.25, -0.2) is 0 Å². The minimum absolute atomic E-state index is 0. The average molecular weight is 389 g/mol. The second-order valence-electron chi connectivity index (χ2n) is 6.40. The molecule has 0 heterocycles. The first-order valence-corrected chi connectivity index (χ1v) is 8.45. The lowest BCUT2D eigenvalue weighted by molar-refractivity contribution is 0.646. The van der Waals surface area contributed by atoms with Crippen molar-refractivity contribution in [2.24, 2.45) is 5.73 Å². The fourth-order valence-electron chi connectivity index (χ4n) is 3.42. The summed E-state index contributed by atoms with van der Waals surface area (Å²) in [6, 6.07) is 23.7. The van der Waals surface area contributed by atoms with E-state index in [0.29, 0.717) is 5.92 Å². The molecular weight excluding hydrogens is 370 g/mol. The largest absolute Gasteiger partial charge is 0.324 e. The lowest BCUT2D eigenvalue weighted by Crippen LogP contribution is -2.27. The predicted octanol–water partition coefficient (Wildman–Crippen LogP) is 5.45. The molecule has 0 bridgehead atoms. The molecule has 0 saturated heterocycles. The van der Waals surface area contributed by atoms with Gasteiger partial charge in [0.25, 0.3) is 0 Å². The SMILES string of the molecule is Cl.NC1(Cc2ccc3ccccc3c2)CC1c1cccc(Br)c1. The molecule has 3 heteroatoms. The second-order valence-corrected chi connectivity index (χ2v) is 7.32. The van der Waals surface area contributed by atoms with Crippen LogP contribution in [0.3, 0.4) is 0 Å². The predicted molar refractivity (Wildman–Crippen MR) is 103 cm³/mol. The Hall–Kier alpha value is -1.35. The van der Waals surface area contributed by atoms with Crippen LogP contribution in [0.5, 0.6) is 0 Å². The first kappa shape index (κ1) is 16.5. The summed E-state index contributed by atoms with van der Waals surface area (Å²) in [6.07, 6.45) is 2.01. The second kappa shape index (κ2) is 6.27. The minimum atomic E-state index is -0.0940. The van der Waals surface area contributed by atoms with Gasteiger partial charge in [0, 0.05) is 15.9 Å². The first-order chi connectivity index (χ1) is 10.6. The van der Waals surface area contributed by atoms with Crippen LogP contribution < -0.4 is 5.73 Å². The first-order valence-electron chi connectivity index (χ1n) is 7.66. The third kappa shape index (κ3) is 3.30. The Kier molecular flexibility index (Phi) is 4.50. The number of hydrogen-bond donors (Lipinski definition) is 1. The molecule has 0 amide bonds. The van der Waals surface area contributed by atoms with E-state index in [0.717, 1.165) is 17.3 Å². The molecule has 1 aliphatic rings. The maximum Gasteiger partial charge on any atom is 0.0271 e. The number of halogens is 2. The Bertz CT molecular complexity index is 848. The van der Waals surface area contributed by atoms with Crippen LogP contribution in [-0.2, 0) is 6.42 Å². The molecule has 1 fully saturated rings. The zero-order valence-corrected chi connectivity index (χ0v) is 15.1. The van der Waals surface area contributed by atoms with E-state index in [1.54, 1.807) is 0 Å². The summed E-state index contributed by atoms with van der Waals surface area (Å²) in [4.78, 5) is 0. The van der Waals surface area contributed by atoms with Crippen molar-refractivity contribution in [1.29, 1.82) is 0 Å². The molecule has 0 aliphatic heterocycles. The average Bonchev–Trinajstić information content (AvgIpc) is 3.18. The van der Waals surface area contributed by atoms with E-state index in [4.69, 9.17) is 5.73 Å². The number of rotatable bonds is 3. The number of fused-ring (bicyclic) bond motifs is 1. The van der Waals surface area contributed by atoms with Gasteiger partial charge in [-0.2, -0.15) is 0 Å². The van der Waals surface area contributed by atoms with Crippen molar-refractivity contribution in [3.05, 3.63) is 82.3 Å². The molecule has 2 unspecified atom stereocenters. The number of benzene rings is 3. The molecule has 0 aromatic heterocycles. The third-order valence-electron chi connectivity index (χ3n) is 4.72. The quantitative estimate of drug-likeness (QED) is 0.634. The zero-order chi connectivity index (χ0) is 15.2. The molecule has 2 N–H and O–H groups in total.